The second kappa shape index (κ2) is 6.25. The van der Waals surface area contributed by atoms with E-state index in [2.05, 4.69) is 29.3 Å². The van der Waals surface area contributed by atoms with Crippen LogP contribution in [0.5, 0.6) is 0 Å². The highest BCUT2D eigenvalue weighted by atomic mass is 16.3. The highest BCUT2D eigenvalue weighted by molar-refractivity contribution is 5.60. The fraction of sp³-hybridized carbons (Fsp3) is 0.562. The van der Waals surface area contributed by atoms with Gasteiger partial charge in [0.2, 0.25) is 0 Å². The molecule has 2 N–H and O–H groups in total. The molecule has 0 amide bonds. The van der Waals surface area contributed by atoms with Gasteiger partial charge in [0.15, 0.2) is 0 Å². The molecule has 1 aliphatic rings. The Kier molecular flexibility index (Phi) is 4.64. The van der Waals surface area contributed by atoms with Gasteiger partial charge in [0, 0.05) is 19.6 Å². The Balaban J connectivity index is 2.14. The predicted octanol–water partition coefficient (Wildman–Crippen LogP) is 2.02. The summed E-state index contributed by atoms with van der Waals surface area (Å²) in [7, 11) is 0. The summed E-state index contributed by atoms with van der Waals surface area (Å²) in [6.07, 6.45) is 1.49. The smallest absolute Gasteiger partial charge is 0.101 e. The lowest BCUT2D eigenvalue weighted by Gasteiger charge is -2.37. The molecule has 0 aliphatic carbocycles. The van der Waals surface area contributed by atoms with Gasteiger partial charge in [0.25, 0.3) is 0 Å². The highest BCUT2D eigenvalue weighted by Gasteiger charge is 2.28. The van der Waals surface area contributed by atoms with Crippen molar-refractivity contribution in [3.05, 3.63) is 29.3 Å². The zero-order valence-electron chi connectivity index (χ0n) is 12.3. The van der Waals surface area contributed by atoms with Gasteiger partial charge in [-0.1, -0.05) is 13.0 Å². The summed E-state index contributed by atoms with van der Waals surface area (Å²) >= 11 is 0. The van der Waals surface area contributed by atoms with Crippen molar-refractivity contribution in [3.63, 3.8) is 0 Å². The topological polar surface area (TPSA) is 59.3 Å². The van der Waals surface area contributed by atoms with Crippen molar-refractivity contribution in [2.75, 3.05) is 24.5 Å². The lowest BCUT2D eigenvalue weighted by molar-refractivity contribution is 0.0351. The molecular weight excluding hydrogens is 250 g/mol. The number of aliphatic hydroxyl groups is 1. The number of nitrogens with zero attached hydrogens (tertiary/aromatic N) is 2. The lowest BCUT2D eigenvalue weighted by Crippen LogP contribution is -2.42. The predicted molar refractivity (Wildman–Crippen MR) is 80.6 cm³/mol. The molecule has 1 fully saturated rings. The number of anilines is 1. The zero-order chi connectivity index (χ0) is 14.6. The molecule has 4 heteroatoms. The Morgan fingerprint density at radius 3 is 2.70 bits per heavy atom. The van der Waals surface area contributed by atoms with Gasteiger partial charge in [0.05, 0.1) is 16.9 Å². The van der Waals surface area contributed by atoms with Crippen LogP contribution in [0.2, 0.25) is 0 Å². The van der Waals surface area contributed by atoms with E-state index in [4.69, 9.17) is 0 Å². The first-order valence-corrected chi connectivity index (χ1v) is 7.27. The Morgan fingerprint density at radius 1 is 1.40 bits per heavy atom. The first kappa shape index (κ1) is 14.8. The van der Waals surface area contributed by atoms with Crippen LogP contribution in [0, 0.1) is 11.3 Å². The molecule has 0 radical (unpaired) electrons. The van der Waals surface area contributed by atoms with E-state index in [1.807, 2.05) is 19.1 Å². The third kappa shape index (κ3) is 3.50. The normalized spacial score (nSPS) is 17.8. The molecule has 4 nitrogen and oxygen atoms in total. The van der Waals surface area contributed by atoms with Crippen LogP contribution in [0.3, 0.4) is 0 Å². The van der Waals surface area contributed by atoms with Crippen LogP contribution in [0.15, 0.2) is 18.2 Å². The number of rotatable bonds is 4. The van der Waals surface area contributed by atoms with Gasteiger partial charge in [0.1, 0.15) is 6.07 Å². The van der Waals surface area contributed by atoms with E-state index < -0.39 is 5.60 Å². The number of nitrogens with one attached hydrogen (secondary N) is 1. The van der Waals surface area contributed by atoms with Crippen LogP contribution in [0.1, 0.15) is 37.8 Å². The van der Waals surface area contributed by atoms with Crippen LogP contribution in [-0.2, 0) is 6.54 Å². The van der Waals surface area contributed by atoms with Crippen LogP contribution in [0.25, 0.3) is 0 Å². The van der Waals surface area contributed by atoms with E-state index in [0.29, 0.717) is 0 Å². The van der Waals surface area contributed by atoms with Crippen LogP contribution < -0.4 is 10.2 Å². The number of hydrogen-bond donors (Lipinski definition) is 2. The Bertz CT molecular complexity index is 495. The summed E-state index contributed by atoms with van der Waals surface area (Å²) in [5.74, 6) is 0. The van der Waals surface area contributed by atoms with Crippen molar-refractivity contribution >= 4 is 5.69 Å². The summed E-state index contributed by atoms with van der Waals surface area (Å²) in [5.41, 5.74) is 2.29. The summed E-state index contributed by atoms with van der Waals surface area (Å²) in [6, 6.07) is 8.37. The molecule has 0 bridgehead atoms. The number of nitriles is 1. The van der Waals surface area contributed by atoms with Gasteiger partial charge in [-0.3, -0.25) is 0 Å². The minimum absolute atomic E-state index is 0.561. The SMILES string of the molecule is CCNCc1ccc(N2CCC(C)(O)CC2)c(C#N)c1. The van der Waals surface area contributed by atoms with Gasteiger partial charge >= 0.3 is 0 Å². The van der Waals surface area contributed by atoms with Gasteiger partial charge in [-0.15, -0.1) is 0 Å². The van der Waals surface area contributed by atoms with Crippen LogP contribution >= 0.6 is 0 Å². The average Bonchev–Trinajstić information content (AvgIpc) is 2.45. The lowest BCUT2D eigenvalue weighted by atomic mass is 9.93. The number of hydrogen-bond acceptors (Lipinski definition) is 4. The second-order valence-corrected chi connectivity index (χ2v) is 5.73. The molecule has 0 unspecified atom stereocenters. The fourth-order valence-corrected chi connectivity index (χ4v) is 2.56. The molecule has 1 aliphatic heterocycles. The largest absolute Gasteiger partial charge is 0.390 e. The van der Waals surface area contributed by atoms with Crippen molar-refractivity contribution < 1.29 is 5.11 Å². The van der Waals surface area contributed by atoms with Crippen molar-refractivity contribution in [3.8, 4) is 6.07 Å². The molecular formula is C16H23N3O. The molecule has 0 aromatic heterocycles. The third-order valence-electron chi connectivity index (χ3n) is 3.94. The minimum atomic E-state index is -0.561. The molecule has 1 aromatic carbocycles. The van der Waals surface area contributed by atoms with E-state index in [9.17, 15) is 10.4 Å². The van der Waals surface area contributed by atoms with Crippen molar-refractivity contribution in [2.45, 2.75) is 38.8 Å². The van der Waals surface area contributed by atoms with E-state index in [1.165, 1.54) is 0 Å². The quantitative estimate of drug-likeness (QED) is 0.881. The van der Waals surface area contributed by atoms with E-state index in [-0.39, 0.29) is 0 Å². The maximum absolute atomic E-state index is 10.0. The highest BCUT2D eigenvalue weighted by Crippen LogP contribution is 2.28. The van der Waals surface area contributed by atoms with Gasteiger partial charge in [-0.25, -0.2) is 0 Å². The van der Waals surface area contributed by atoms with Gasteiger partial charge in [-0.05, 0) is 44.0 Å². The molecule has 2 rings (SSSR count). The van der Waals surface area contributed by atoms with Crippen molar-refractivity contribution in [1.82, 2.24) is 5.32 Å². The monoisotopic (exact) mass is 273 g/mol. The molecule has 108 valence electrons. The maximum atomic E-state index is 10.0. The molecule has 1 aromatic rings. The molecule has 1 heterocycles. The summed E-state index contributed by atoms with van der Waals surface area (Å²) in [4.78, 5) is 2.20. The Hall–Kier alpha value is -1.57. The van der Waals surface area contributed by atoms with Crippen LogP contribution in [0.4, 0.5) is 5.69 Å². The third-order valence-corrected chi connectivity index (χ3v) is 3.94. The first-order valence-electron chi connectivity index (χ1n) is 7.27. The Labute approximate surface area is 121 Å². The average molecular weight is 273 g/mol. The van der Waals surface area contributed by atoms with Gasteiger partial charge < -0.3 is 15.3 Å². The second-order valence-electron chi connectivity index (χ2n) is 5.73. The molecule has 20 heavy (non-hydrogen) atoms. The minimum Gasteiger partial charge on any atom is -0.390 e. The fourth-order valence-electron chi connectivity index (χ4n) is 2.56. The molecule has 0 spiro atoms. The molecule has 0 atom stereocenters. The maximum Gasteiger partial charge on any atom is 0.101 e. The standard InChI is InChI=1S/C16H23N3O/c1-3-18-12-13-4-5-15(14(10-13)11-17)19-8-6-16(2,20)7-9-19/h4-5,10,18,20H,3,6-9,12H2,1-2H3. The molecule has 0 saturated carbocycles. The van der Waals surface area contributed by atoms with E-state index in [1.54, 1.807) is 0 Å². The van der Waals surface area contributed by atoms with Crippen molar-refractivity contribution in [2.24, 2.45) is 0 Å². The van der Waals surface area contributed by atoms with Crippen molar-refractivity contribution in [1.29, 1.82) is 5.26 Å². The Morgan fingerprint density at radius 2 is 2.10 bits per heavy atom. The van der Waals surface area contributed by atoms with Gasteiger partial charge in [-0.2, -0.15) is 5.26 Å². The number of benzene rings is 1. The molecule has 1 saturated heterocycles. The van der Waals surface area contributed by atoms with E-state index >= 15 is 0 Å². The summed E-state index contributed by atoms with van der Waals surface area (Å²) in [6.45, 7) is 7.27. The zero-order valence-corrected chi connectivity index (χ0v) is 12.3. The first-order chi connectivity index (χ1) is 9.55. The summed E-state index contributed by atoms with van der Waals surface area (Å²) in [5, 5.41) is 22.6. The van der Waals surface area contributed by atoms with Crippen LogP contribution in [-0.4, -0.2) is 30.3 Å². The van der Waals surface area contributed by atoms with E-state index in [0.717, 1.165) is 55.8 Å². The number of piperidine rings is 1. The summed E-state index contributed by atoms with van der Waals surface area (Å²) < 4.78 is 0.